The van der Waals surface area contributed by atoms with Gasteiger partial charge in [0.05, 0.1) is 4.92 Å². The van der Waals surface area contributed by atoms with Crippen molar-refractivity contribution in [3.05, 3.63) is 62.5 Å². The van der Waals surface area contributed by atoms with Crippen LogP contribution in [0.4, 0.5) is 4.39 Å². The highest BCUT2D eigenvalue weighted by Crippen LogP contribution is 2.29. The number of fused-ring (bicyclic) bond motifs is 1. The lowest BCUT2D eigenvalue weighted by molar-refractivity contribution is -0.400. The van der Waals surface area contributed by atoms with Crippen LogP contribution in [0.3, 0.4) is 0 Å². The zero-order chi connectivity index (χ0) is 12.4. The van der Waals surface area contributed by atoms with Crippen molar-refractivity contribution in [2.24, 2.45) is 0 Å². The topological polar surface area (TPSA) is 43.1 Å². The zero-order valence-corrected chi connectivity index (χ0v) is 10.1. The highest BCUT2D eigenvalue weighted by molar-refractivity contribution is 9.10. The molecule has 0 aliphatic rings. The molecule has 17 heavy (non-hydrogen) atoms. The van der Waals surface area contributed by atoms with E-state index < -0.39 is 4.92 Å². The highest BCUT2D eigenvalue weighted by Gasteiger charge is 2.08. The minimum atomic E-state index is -0.551. The molecule has 0 bridgehead atoms. The molecule has 0 amide bonds. The smallest absolute Gasteiger partial charge is 0.235 e. The summed E-state index contributed by atoms with van der Waals surface area (Å²) in [4.78, 5) is 9.77. The van der Waals surface area contributed by atoms with E-state index in [0.717, 1.165) is 6.20 Å². The average Bonchev–Trinajstić information content (AvgIpc) is 2.28. The second-order valence-corrected chi connectivity index (χ2v) is 4.25. The van der Waals surface area contributed by atoms with Gasteiger partial charge in [0.15, 0.2) is 0 Å². The molecule has 0 fully saturated rings. The van der Waals surface area contributed by atoms with Gasteiger partial charge >= 0.3 is 0 Å². The van der Waals surface area contributed by atoms with E-state index >= 15 is 0 Å². The normalized spacial score (nSPS) is 11.2. The standard InChI is InChI=1S/C12H7BrFNO2/c13-11-7-12(14)10-4-2-1-3-8(10)9(11)5-6-15(16)17/h1-7H. The summed E-state index contributed by atoms with van der Waals surface area (Å²) >= 11 is 3.20. The third-order valence-electron chi connectivity index (χ3n) is 2.35. The summed E-state index contributed by atoms with van der Waals surface area (Å²) < 4.78 is 14.1. The van der Waals surface area contributed by atoms with E-state index in [9.17, 15) is 14.5 Å². The van der Waals surface area contributed by atoms with E-state index in [-0.39, 0.29) is 5.82 Å². The molecule has 0 unspecified atom stereocenters. The molecule has 2 aromatic rings. The molecule has 86 valence electrons. The van der Waals surface area contributed by atoms with Gasteiger partial charge in [-0.05, 0) is 11.5 Å². The zero-order valence-electron chi connectivity index (χ0n) is 8.56. The van der Waals surface area contributed by atoms with Crippen LogP contribution in [0.1, 0.15) is 5.56 Å². The van der Waals surface area contributed by atoms with Crippen molar-refractivity contribution in [2.45, 2.75) is 0 Å². The SMILES string of the molecule is O=[N+]([O-])C=Cc1c(Br)cc(F)c2ccccc12. The number of rotatable bonds is 2. The van der Waals surface area contributed by atoms with Gasteiger partial charge in [0.25, 0.3) is 0 Å². The van der Waals surface area contributed by atoms with Crippen molar-refractivity contribution in [2.75, 3.05) is 0 Å². The molecule has 0 aliphatic carbocycles. The Morgan fingerprint density at radius 3 is 2.59 bits per heavy atom. The fourth-order valence-corrected chi connectivity index (χ4v) is 2.17. The fraction of sp³-hybridized carbons (Fsp3) is 0. The first-order valence-electron chi connectivity index (χ1n) is 4.78. The third kappa shape index (κ3) is 2.34. The fourth-order valence-electron chi connectivity index (χ4n) is 1.63. The minimum Gasteiger partial charge on any atom is -0.259 e. The third-order valence-corrected chi connectivity index (χ3v) is 3.00. The van der Waals surface area contributed by atoms with Crippen molar-refractivity contribution >= 4 is 32.8 Å². The van der Waals surface area contributed by atoms with Gasteiger partial charge in [-0.1, -0.05) is 40.2 Å². The number of nitro groups is 1. The van der Waals surface area contributed by atoms with Gasteiger partial charge < -0.3 is 0 Å². The maximum Gasteiger partial charge on any atom is 0.235 e. The molecule has 0 radical (unpaired) electrons. The number of hydrogen-bond acceptors (Lipinski definition) is 2. The molecule has 0 heterocycles. The van der Waals surface area contributed by atoms with E-state index in [1.165, 1.54) is 12.1 Å². The molecule has 2 aromatic carbocycles. The van der Waals surface area contributed by atoms with Crippen LogP contribution in [-0.2, 0) is 0 Å². The molecular formula is C12H7BrFNO2. The average molecular weight is 296 g/mol. The first-order chi connectivity index (χ1) is 8.09. The quantitative estimate of drug-likeness (QED) is 0.621. The molecule has 0 N–H and O–H groups in total. The summed E-state index contributed by atoms with van der Waals surface area (Å²) in [6, 6.07) is 8.16. The maximum atomic E-state index is 13.6. The van der Waals surface area contributed by atoms with E-state index in [1.807, 2.05) is 0 Å². The minimum absolute atomic E-state index is 0.356. The molecule has 0 spiro atoms. The Balaban J connectivity index is 2.73. The predicted molar refractivity (Wildman–Crippen MR) is 67.6 cm³/mol. The number of benzene rings is 2. The van der Waals surface area contributed by atoms with E-state index in [1.54, 1.807) is 24.3 Å². The van der Waals surface area contributed by atoms with Gasteiger partial charge in [0.1, 0.15) is 5.82 Å². The van der Waals surface area contributed by atoms with Gasteiger partial charge in [-0.15, -0.1) is 0 Å². The molecule has 0 aliphatic heterocycles. The first kappa shape index (κ1) is 11.7. The monoisotopic (exact) mass is 295 g/mol. The van der Waals surface area contributed by atoms with Crippen LogP contribution in [-0.4, -0.2) is 4.92 Å². The summed E-state index contributed by atoms with van der Waals surface area (Å²) in [5.74, 6) is -0.356. The van der Waals surface area contributed by atoms with Crippen molar-refractivity contribution in [1.29, 1.82) is 0 Å². The second-order valence-electron chi connectivity index (χ2n) is 3.40. The van der Waals surface area contributed by atoms with E-state index in [2.05, 4.69) is 15.9 Å². The summed E-state index contributed by atoms with van der Waals surface area (Å²) in [6.45, 7) is 0. The lowest BCUT2D eigenvalue weighted by Gasteiger charge is -2.05. The van der Waals surface area contributed by atoms with Crippen LogP contribution >= 0.6 is 15.9 Å². The van der Waals surface area contributed by atoms with E-state index in [0.29, 0.717) is 20.8 Å². The van der Waals surface area contributed by atoms with Crippen LogP contribution in [0.15, 0.2) is 41.0 Å². The molecule has 5 heteroatoms. The molecular weight excluding hydrogens is 289 g/mol. The summed E-state index contributed by atoms with van der Waals surface area (Å²) in [5.41, 5.74) is 0.596. The van der Waals surface area contributed by atoms with E-state index in [4.69, 9.17) is 0 Å². The van der Waals surface area contributed by atoms with Gasteiger partial charge in [0.2, 0.25) is 6.20 Å². The predicted octanol–water partition coefficient (Wildman–Crippen LogP) is 3.99. The lowest BCUT2D eigenvalue weighted by Crippen LogP contribution is -1.88. The largest absolute Gasteiger partial charge is 0.259 e. The van der Waals surface area contributed by atoms with Crippen LogP contribution < -0.4 is 0 Å². The Bertz CT molecular complexity index is 625. The molecule has 0 saturated carbocycles. The lowest BCUT2D eigenvalue weighted by atomic mass is 10.0. The van der Waals surface area contributed by atoms with Crippen LogP contribution in [0, 0.1) is 15.9 Å². The summed E-state index contributed by atoms with van der Waals surface area (Å²) in [5, 5.41) is 11.4. The van der Waals surface area contributed by atoms with Crippen LogP contribution in [0.5, 0.6) is 0 Å². The van der Waals surface area contributed by atoms with Gasteiger partial charge in [-0.2, -0.15) is 0 Å². The van der Waals surface area contributed by atoms with Crippen molar-refractivity contribution in [1.82, 2.24) is 0 Å². The molecule has 0 saturated heterocycles. The molecule has 0 aromatic heterocycles. The van der Waals surface area contributed by atoms with Gasteiger partial charge in [-0.25, -0.2) is 4.39 Å². The van der Waals surface area contributed by atoms with Crippen molar-refractivity contribution < 1.29 is 9.31 Å². The van der Waals surface area contributed by atoms with Crippen molar-refractivity contribution in [3.8, 4) is 0 Å². The van der Waals surface area contributed by atoms with Gasteiger partial charge in [0, 0.05) is 21.5 Å². The number of nitrogens with zero attached hydrogens (tertiary/aromatic N) is 1. The second kappa shape index (κ2) is 4.63. The first-order valence-corrected chi connectivity index (χ1v) is 5.57. The molecule has 3 nitrogen and oxygen atoms in total. The van der Waals surface area contributed by atoms with Crippen molar-refractivity contribution in [3.63, 3.8) is 0 Å². The number of halogens is 2. The Labute approximate surface area is 105 Å². The molecule has 0 atom stereocenters. The summed E-state index contributed by atoms with van der Waals surface area (Å²) in [7, 11) is 0. The van der Waals surface area contributed by atoms with Gasteiger partial charge in [-0.3, -0.25) is 10.1 Å². The molecule has 2 rings (SSSR count). The maximum absolute atomic E-state index is 13.6. The Kier molecular flexibility index (Phi) is 3.19. The Morgan fingerprint density at radius 2 is 1.94 bits per heavy atom. The number of hydrogen-bond donors (Lipinski definition) is 0. The summed E-state index contributed by atoms with van der Waals surface area (Å²) in [6.07, 6.45) is 2.19. The highest BCUT2D eigenvalue weighted by atomic mass is 79.9. The Hall–Kier alpha value is -1.75. The Morgan fingerprint density at radius 1 is 1.29 bits per heavy atom. The van der Waals surface area contributed by atoms with Crippen LogP contribution in [0.25, 0.3) is 16.8 Å². The van der Waals surface area contributed by atoms with Crippen LogP contribution in [0.2, 0.25) is 0 Å².